The molecule has 2 aliphatic rings. The van der Waals surface area contributed by atoms with Crippen molar-refractivity contribution in [3.8, 4) is 11.1 Å². The molecule has 0 radical (unpaired) electrons. The SMILES string of the molecule is CCCC1CCC(C2CC=C(c3ccc(-c4cc(F)c(C(F)(F)F)c(F)c4)c(F)c3)CC2)OC1. The number of allylic oxidation sites excluding steroid dienone is 2. The van der Waals surface area contributed by atoms with Crippen LogP contribution in [0.2, 0.25) is 0 Å². The fourth-order valence-corrected chi connectivity index (χ4v) is 5.24. The minimum atomic E-state index is -5.17. The Hall–Kier alpha value is -2.28. The van der Waals surface area contributed by atoms with Crippen molar-refractivity contribution >= 4 is 5.57 Å². The predicted molar refractivity (Wildman–Crippen MR) is 119 cm³/mol. The number of hydrogen-bond donors (Lipinski definition) is 0. The molecule has 0 bridgehead atoms. The summed E-state index contributed by atoms with van der Waals surface area (Å²) in [6, 6.07) is 5.32. The van der Waals surface area contributed by atoms with E-state index in [1.807, 2.05) is 0 Å². The van der Waals surface area contributed by atoms with Crippen LogP contribution in [0.3, 0.4) is 0 Å². The van der Waals surface area contributed by atoms with Crippen molar-refractivity contribution in [2.45, 2.75) is 64.1 Å². The molecular formula is C27H28F6O. The van der Waals surface area contributed by atoms with Crippen molar-refractivity contribution in [1.82, 2.24) is 0 Å². The number of hydrogen-bond acceptors (Lipinski definition) is 1. The Kier molecular flexibility index (Phi) is 7.41. The summed E-state index contributed by atoms with van der Waals surface area (Å²) in [6.45, 7) is 3.01. The van der Waals surface area contributed by atoms with Crippen LogP contribution in [0.4, 0.5) is 26.3 Å². The average molecular weight is 483 g/mol. The lowest BCUT2D eigenvalue weighted by Crippen LogP contribution is -2.32. The fourth-order valence-electron chi connectivity index (χ4n) is 5.24. The van der Waals surface area contributed by atoms with Gasteiger partial charge in [-0.15, -0.1) is 0 Å². The second-order valence-electron chi connectivity index (χ2n) is 9.37. The van der Waals surface area contributed by atoms with Gasteiger partial charge in [-0.05, 0) is 85.3 Å². The number of ether oxygens (including phenoxy) is 1. The maximum absolute atomic E-state index is 14.8. The highest BCUT2D eigenvalue weighted by molar-refractivity contribution is 5.71. The molecule has 0 amide bonds. The van der Waals surface area contributed by atoms with Gasteiger partial charge in [-0.1, -0.05) is 31.6 Å². The van der Waals surface area contributed by atoms with Crippen LogP contribution in [0.5, 0.6) is 0 Å². The lowest BCUT2D eigenvalue weighted by atomic mass is 9.80. The second-order valence-corrected chi connectivity index (χ2v) is 9.37. The van der Waals surface area contributed by atoms with E-state index in [1.165, 1.54) is 31.4 Å². The summed E-state index contributed by atoms with van der Waals surface area (Å²) in [5.74, 6) is -3.18. The molecule has 3 atom stereocenters. The Bertz CT molecular complexity index is 1030. The van der Waals surface area contributed by atoms with Crippen LogP contribution >= 0.6 is 0 Å². The third-order valence-electron chi connectivity index (χ3n) is 7.06. The molecule has 0 N–H and O–H groups in total. The minimum Gasteiger partial charge on any atom is -0.378 e. The number of benzene rings is 2. The molecule has 0 spiro atoms. The minimum absolute atomic E-state index is 0.151. The molecule has 2 aromatic rings. The Morgan fingerprint density at radius 3 is 2.15 bits per heavy atom. The summed E-state index contributed by atoms with van der Waals surface area (Å²) in [5.41, 5.74) is -0.744. The summed E-state index contributed by atoms with van der Waals surface area (Å²) in [7, 11) is 0. The highest BCUT2D eigenvalue weighted by Crippen LogP contribution is 2.39. The van der Waals surface area contributed by atoms with E-state index >= 15 is 0 Å². The molecule has 7 heteroatoms. The van der Waals surface area contributed by atoms with Gasteiger partial charge < -0.3 is 4.74 Å². The van der Waals surface area contributed by atoms with Gasteiger partial charge >= 0.3 is 6.18 Å². The first-order valence-corrected chi connectivity index (χ1v) is 11.8. The van der Waals surface area contributed by atoms with Crippen molar-refractivity contribution in [3.63, 3.8) is 0 Å². The first kappa shape index (κ1) is 24.8. The summed E-state index contributed by atoms with van der Waals surface area (Å²) in [6.07, 6.45) is 4.39. The number of alkyl halides is 3. The van der Waals surface area contributed by atoms with E-state index in [0.717, 1.165) is 37.9 Å². The molecule has 4 rings (SSSR count). The molecule has 3 unspecified atom stereocenters. The van der Waals surface area contributed by atoms with Crippen molar-refractivity contribution in [3.05, 3.63) is 65.0 Å². The summed E-state index contributed by atoms with van der Waals surface area (Å²) >= 11 is 0. The standard InChI is InChI=1S/C27H28F6O/c1-2-3-16-4-11-25(34-15-16)18-7-5-17(6-8-18)19-9-10-21(22(28)12-19)20-13-23(29)26(24(30)14-20)27(31,32)33/h5,9-10,12-14,16,18,25H,2-4,6-8,11,15H2,1H3. The van der Waals surface area contributed by atoms with Crippen LogP contribution < -0.4 is 0 Å². The van der Waals surface area contributed by atoms with Crippen LogP contribution in [0.25, 0.3) is 16.7 Å². The van der Waals surface area contributed by atoms with Gasteiger partial charge in [0.15, 0.2) is 0 Å². The molecule has 34 heavy (non-hydrogen) atoms. The molecule has 1 saturated heterocycles. The van der Waals surface area contributed by atoms with E-state index in [1.54, 1.807) is 6.07 Å². The smallest absolute Gasteiger partial charge is 0.378 e. The van der Waals surface area contributed by atoms with Gasteiger partial charge in [-0.25, -0.2) is 13.2 Å². The van der Waals surface area contributed by atoms with Gasteiger partial charge in [0.25, 0.3) is 0 Å². The molecule has 1 nitrogen and oxygen atoms in total. The Morgan fingerprint density at radius 1 is 0.912 bits per heavy atom. The third kappa shape index (κ3) is 5.35. The molecule has 0 aromatic heterocycles. The molecule has 1 aliphatic carbocycles. The van der Waals surface area contributed by atoms with Crippen LogP contribution in [0, 0.1) is 29.3 Å². The van der Waals surface area contributed by atoms with Crippen LogP contribution in [-0.4, -0.2) is 12.7 Å². The molecular weight excluding hydrogens is 454 g/mol. The highest BCUT2D eigenvalue weighted by atomic mass is 19.4. The van der Waals surface area contributed by atoms with E-state index in [2.05, 4.69) is 13.0 Å². The van der Waals surface area contributed by atoms with Crippen molar-refractivity contribution in [1.29, 1.82) is 0 Å². The summed E-state index contributed by atoms with van der Waals surface area (Å²) in [4.78, 5) is 0. The molecule has 1 heterocycles. The quantitative estimate of drug-likeness (QED) is 0.388. The van der Waals surface area contributed by atoms with E-state index in [-0.39, 0.29) is 17.2 Å². The topological polar surface area (TPSA) is 9.23 Å². The fraction of sp³-hybridized carbons (Fsp3) is 0.481. The summed E-state index contributed by atoms with van der Waals surface area (Å²) in [5, 5.41) is 0. The van der Waals surface area contributed by atoms with Crippen LogP contribution in [0.15, 0.2) is 36.4 Å². The van der Waals surface area contributed by atoms with Crippen molar-refractivity contribution < 1.29 is 31.1 Å². The van der Waals surface area contributed by atoms with Gasteiger partial charge in [0, 0.05) is 12.2 Å². The maximum Gasteiger partial charge on any atom is 0.422 e. The van der Waals surface area contributed by atoms with Crippen molar-refractivity contribution in [2.75, 3.05) is 6.61 Å². The van der Waals surface area contributed by atoms with Crippen LogP contribution in [0.1, 0.15) is 63.0 Å². The highest BCUT2D eigenvalue weighted by Gasteiger charge is 2.38. The van der Waals surface area contributed by atoms with Gasteiger partial charge in [-0.2, -0.15) is 13.2 Å². The third-order valence-corrected chi connectivity index (χ3v) is 7.06. The normalized spacial score (nSPS) is 23.6. The Morgan fingerprint density at radius 2 is 1.62 bits per heavy atom. The zero-order valence-electron chi connectivity index (χ0n) is 19.0. The zero-order chi connectivity index (χ0) is 24.5. The molecule has 1 aliphatic heterocycles. The van der Waals surface area contributed by atoms with E-state index in [0.29, 0.717) is 29.5 Å². The monoisotopic (exact) mass is 482 g/mol. The van der Waals surface area contributed by atoms with E-state index < -0.39 is 29.2 Å². The first-order valence-electron chi connectivity index (χ1n) is 11.8. The van der Waals surface area contributed by atoms with Crippen molar-refractivity contribution in [2.24, 2.45) is 11.8 Å². The average Bonchev–Trinajstić information content (AvgIpc) is 2.78. The lowest BCUT2D eigenvalue weighted by Gasteiger charge is -2.35. The van der Waals surface area contributed by atoms with Gasteiger partial charge in [0.2, 0.25) is 0 Å². The Balaban J connectivity index is 1.46. The molecule has 2 aromatic carbocycles. The number of halogens is 6. The van der Waals surface area contributed by atoms with E-state index in [9.17, 15) is 26.3 Å². The summed E-state index contributed by atoms with van der Waals surface area (Å²) < 4.78 is 87.3. The predicted octanol–water partition coefficient (Wildman–Crippen LogP) is 8.57. The Labute approximate surface area is 195 Å². The van der Waals surface area contributed by atoms with Gasteiger partial charge in [0.1, 0.15) is 23.0 Å². The zero-order valence-corrected chi connectivity index (χ0v) is 19.0. The maximum atomic E-state index is 14.8. The molecule has 184 valence electrons. The largest absolute Gasteiger partial charge is 0.422 e. The second kappa shape index (κ2) is 10.1. The van der Waals surface area contributed by atoms with E-state index in [4.69, 9.17) is 4.74 Å². The van der Waals surface area contributed by atoms with Crippen LogP contribution in [-0.2, 0) is 10.9 Å². The van der Waals surface area contributed by atoms with Gasteiger partial charge in [0.05, 0.1) is 6.10 Å². The van der Waals surface area contributed by atoms with Gasteiger partial charge in [-0.3, -0.25) is 0 Å². The first-order chi connectivity index (χ1) is 16.2. The molecule has 1 fully saturated rings. The molecule has 0 saturated carbocycles. The number of rotatable bonds is 5. The lowest BCUT2D eigenvalue weighted by molar-refractivity contribution is -0.142.